The number of ether oxygens (including phenoxy) is 1. The van der Waals surface area contributed by atoms with Crippen molar-refractivity contribution in [1.29, 1.82) is 0 Å². The van der Waals surface area contributed by atoms with Crippen LogP contribution < -0.4 is 0 Å². The summed E-state index contributed by atoms with van der Waals surface area (Å²) >= 11 is 0. The Kier molecular flexibility index (Phi) is 3.22. The molecule has 0 radical (unpaired) electrons. The lowest BCUT2D eigenvalue weighted by atomic mass is 10.2. The van der Waals surface area contributed by atoms with Gasteiger partial charge in [0.1, 0.15) is 12.5 Å². The highest BCUT2D eigenvalue weighted by Crippen LogP contribution is 2.11. The van der Waals surface area contributed by atoms with E-state index in [4.69, 9.17) is 4.74 Å². The van der Waals surface area contributed by atoms with Crippen molar-refractivity contribution in [1.82, 2.24) is 4.90 Å². The van der Waals surface area contributed by atoms with Crippen molar-refractivity contribution in [2.24, 2.45) is 0 Å². The Hall–Kier alpha value is -1.81. The second kappa shape index (κ2) is 4.81. The molecular weight excluding hydrogens is 206 g/mol. The molecule has 0 aliphatic carbocycles. The van der Waals surface area contributed by atoms with Gasteiger partial charge in [-0.1, -0.05) is 30.3 Å². The normalized spacial score (nSPS) is 16.5. The Morgan fingerprint density at radius 3 is 2.75 bits per heavy atom. The first-order chi connectivity index (χ1) is 7.77. The van der Waals surface area contributed by atoms with Gasteiger partial charge in [-0.3, -0.25) is 4.79 Å². The van der Waals surface area contributed by atoms with Gasteiger partial charge < -0.3 is 14.7 Å². The standard InChI is InChI=1S/C12H13NO3/c14-11(10-4-2-1-3-5-10)8-12(15)13-6-7-16-9-13/h1-5,8,14H,6-7,9H2/b11-8-. The number of amides is 1. The second-order valence-corrected chi connectivity index (χ2v) is 3.53. The van der Waals surface area contributed by atoms with E-state index in [1.165, 1.54) is 6.08 Å². The zero-order valence-corrected chi connectivity index (χ0v) is 8.80. The van der Waals surface area contributed by atoms with Gasteiger partial charge in [0, 0.05) is 18.2 Å². The monoisotopic (exact) mass is 219 g/mol. The lowest BCUT2D eigenvalue weighted by molar-refractivity contribution is -0.126. The van der Waals surface area contributed by atoms with Gasteiger partial charge >= 0.3 is 0 Å². The molecule has 4 heteroatoms. The van der Waals surface area contributed by atoms with Crippen LogP contribution in [0.2, 0.25) is 0 Å². The number of nitrogens with zero attached hydrogens (tertiary/aromatic N) is 1. The Bertz CT molecular complexity index is 394. The predicted molar refractivity (Wildman–Crippen MR) is 59.6 cm³/mol. The summed E-state index contributed by atoms with van der Waals surface area (Å²) in [7, 11) is 0. The van der Waals surface area contributed by atoms with Crippen LogP contribution in [0.15, 0.2) is 36.4 Å². The molecule has 1 aromatic rings. The number of aliphatic hydroxyl groups is 1. The van der Waals surface area contributed by atoms with Crippen LogP contribution in [0, 0.1) is 0 Å². The first-order valence-corrected chi connectivity index (χ1v) is 5.10. The topological polar surface area (TPSA) is 49.8 Å². The molecule has 0 saturated carbocycles. The third kappa shape index (κ3) is 2.41. The quantitative estimate of drug-likeness (QED) is 0.604. The maximum Gasteiger partial charge on any atom is 0.252 e. The van der Waals surface area contributed by atoms with Crippen LogP contribution in [0.3, 0.4) is 0 Å². The van der Waals surface area contributed by atoms with Crippen molar-refractivity contribution in [3.05, 3.63) is 42.0 Å². The fourth-order valence-corrected chi connectivity index (χ4v) is 1.49. The molecular formula is C12H13NO3. The van der Waals surface area contributed by atoms with E-state index < -0.39 is 0 Å². The summed E-state index contributed by atoms with van der Waals surface area (Å²) in [5.74, 6) is -0.239. The van der Waals surface area contributed by atoms with E-state index in [-0.39, 0.29) is 11.7 Å². The highest BCUT2D eigenvalue weighted by molar-refractivity contribution is 5.93. The minimum absolute atomic E-state index is 0.0162. The Morgan fingerprint density at radius 2 is 2.12 bits per heavy atom. The van der Waals surface area contributed by atoms with Gasteiger partial charge in [0.05, 0.1) is 6.61 Å². The summed E-state index contributed by atoms with van der Waals surface area (Å²) in [5.41, 5.74) is 0.635. The van der Waals surface area contributed by atoms with Gasteiger partial charge in [0.2, 0.25) is 0 Å². The highest BCUT2D eigenvalue weighted by atomic mass is 16.5. The van der Waals surface area contributed by atoms with E-state index in [0.29, 0.717) is 25.4 Å². The van der Waals surface area contributed by atoms with Crippen LogP contribution in [-0.2, 0) is 9.53 Å². The number of hydrogen-bond acceptors (Lipinski definition) is 3. The smallest absolute Gasteiger partial charge is 0.252 e. The number of rotatable bonds is 2. The molecule has 2 rings (SSSR count). The zero-order valence-electron chi connectivity index (χ0n) is 8.80. The van der Waals surface area contributed by atoms with Gasteiger partial charge in [0.25, 0.3) is 5.91 Å². The summed E-state index contributed by atoms with van der Waals surface area (Å²) in [6.45, 7) is 1.44. The SMILES string of the molecule is O=C(/C=C(\O)c1ccccc1)N1CCOC1. The van der Waals surface area contributed by atoms with Gasteiger partial charge in [-0.25, -0.2) is 0 Å². The van der Waals surface area contributed by atoms with E-state index >= 15 is 0 Å². The van der Waals surface area contributed by atoms with E-state index in [1.54, 1.807) is 17.0 Å². The van der Waals surface area contributed by atoms with Crippen LogP contribution in [-0.4, -0.2) is 35.8 Å². The second-order valence-electron chi connectivity index (χ2n) is 3.53. The van der Waals surface area contributed by atoms with E-state index in [1.807, 2.05) is 18.2 Å². The number of benzene rings is 1. The van der Waals surface area contributed by atoms with Crippen LogP contribution in [0.25, 0.3) is 5.76 Å². The summed E-state index contributed by atoms with van der Waals surface area (Å²) in [6.07, 6.45) is 1.23. The minimum Gasteiger partial charge on any atom is -0.507 e. The van der Waals surface area contributed by atoms with Crippen LogP contribution in [0.4, 0.5) is 0 Å². The predicted octanol–water partition coefficient (Wildman–Crippen LogP) is 1.40. The Morgan fingerprint density at radius 1 is 1.38 bits per heavy atom. The zero-order chi connectivity index (χ0) is 11.4. The lowest BCUT2D eigenvalue weighted by Crippen LogP contribution is -2.26. The number of carbonyl (C=O) groups excluding carboxylic acids is 1. The van der Waals surface area contributed by atoms with Gasteiger partial charge in [-0.05, 0) is 0 Å². The largest absolute Gasteiger partial charge is 0.507 e. The molecule has 1 amide bonds. The highest BCUT2D eigenvalue weighted by Gasteiger charge is 2.17. The van der Waals surface area contributed by atoms with Crippen LogP contribution in [0.1, 0.15) is 5.56 Å². The fraction of sp³-hybridized carbons (Fsp3) is 0.250. The van der Waals surface area contributed by atoms with Crippen LogP contribution >= 0.6 is 0 Å². The van der Waals surface area contributed by atoms with E-state index in [2.05, 4.69) is 0 Å². The van der Waals surface area contributed by atoms with Crippen molar-refractivity contribution in [3.8, 4) is 0 Å². The number of carbonyl (C=O) groups is 1. The molecule has 1 saturated heterocycles. The molecule has 0 aromatic heterocycles. The molecule has 0 unspecified atom stereocenters. The first-order valence-electron chi connectivity index (χ1n) is 5.10. The lowest BCUT2D eigenvalue weighted by Gasteiger charge is -2.10. The molecule has 16 heavy (non-hydrogen) atoms. The summed E-state index contributed by atoms with van der Waals surface area (Å²) in [6, 6.07) is 8.97. The van der Waals surface area contributed by atoms with Crippen molar-refractivity contribution in [2.45, 2.75) is 0 Å². The average molecular weight is 219 g/mol. The van der Waals surface area contributed by atoms with E-state index in [9.17, 15) is 9.90 Å². The molecule has 0 atom stereocenters. The van der Waals surface area contributed by atoms with E-state index in [0.717, 1.165) is 0 Å². The number of aliphatic hydroxyl groups excluding tert-OH is 1. The Labute approximate surface area is 93.8 Å². The van der Waals surface area contributed by atoms with Gasteiger partial charge in [-0.2, -0.15) is 0 Å². The van der Waals surface area contributed by atoms with Crippen molar-refractivity contribution < 1.29 is 14.6 Å². The molecule has 1 N–H and O–H groups in total. The molecule has 1 aliphatic rings. The Balaban J connectivity index is 2.09. The molecule has 1 aliphatic heterocycles. The first kappa shape index (κ1) is 10.7. The van der Waals surface area contributed by atoms with Crippen LogP contribution in [0.5, 0.6) is 0 Å². The van der Waals surface area contributed by atoms with Gasteiger partial charge in [0.15, 0.2) is 0 Å². The third-order valence-electron chi connectivity index (χ3n) is 2.39. The third-order valence-corrected chi connectivity index (χ3v) is 2.39. The summed E-state index contributed by atoms with van der Waals surface area (Å²) in [4.78, 5) is 13.2. The molecule has 0 bridgehead atoms. The fourth-order valence-electron chi connectivity index (χ4n) is 1.49. The molecule has 1 aromatic carbocycles. The van der Waals surface area contributed by atoms with Gasteiger partial charge in [-0.15, -0.1) is 0 Å². The minimum atomic E-state index is -0.223. The molecule has 4 nitrogen and oxygen atoms in total. The molecule has 0 spiro atoms. The number of hydrogen-bond donors (Lipinski definition) is 1. The van der Waals surface area contributed by atoms with Crippen molar-refractivity contribution >= 4 is 11.7 Å². The molecule has 1 heterocycles. The van der Waals surface area contributed by atoms with Crippen molar-refractivity contribution in [3.63, 3.8) is 0 Å². The summed E-state index contributed by atoms with van der Waals surface area (Å²) in [5, 5.41) is 9.72. The van der Waals surface area contributed by atoms with Crippen molar-refractivity contribution in [2.75, 3.05) is 19.9 Å². The average Bonchev–Trinajstić information content (AvgIpc) is 2.83. The maximum atomic E-state index is 11.6. The molecule has 1 fully saturated rings. The molecule has 84 valence electrons. The maximum absolute atomic E-state index is 11.6. The summed E-state index contributed by atoms with van der Waals surface area (Å²) < 4.78 is 5.06.